The predicted octanol–water partition coefficient (Wildman–Crippen LogP) is 3.47. The predicted molar refractivity (Wildman–Crippen MR) is 121 cm³/mol. The van der Waals surface area contributed by atoms with Crippen LogP contribution in [0.4, 0.5) is 5.82 Å². The number of anilines is 1. The van der Waals surface area contributed by atoms with Crippen LogP contribution in [0.15, 0.2) is 18.0 Å². The summed E-state index contributed by atoms with van der Waals surface area (Å²) < 4.78 is 23.4. The molecule has 1 aliphatic carbocycles. The van der Waals surface area contributed by atoms with Crippen LogP contribution in [-0.4, -0.2) is 48.9 Å². The monoisotopic (exact) mass is 448 g/mol. The minimum atomic E-state index is -2.90. The number of carbonyl (C=O) groups is 1. The van der Waals surface area contributed by atoms with Crippen LogP contribution in [0.2, 0.25) is 0 Å². The number of aryl methyl sites for hydroxylation is 1. The SMILES string of the molecule is Cc1c(C(=O)NCCC2=CCCCC2)sc2ncnc(NCC3CCS(=O)(=O)C3)c12. The van der Waals surface area contributed by atoms with E-state index in [2.05, 4.69) is 26.7 Å². The van der Waals surface area contributed by atoms with E-state index in [1.807, 2.05) is 6.92 Å². The molecule has 0 radical (unpaired) electrons. The molecule has 0 aromatic carbocycles. The van der Waals surface area contributed by atoms with Gasteiger partial charge in [-0.3, -0.25) is 4.79 Å². The summed E-state index contributed by atoms with van der Waals surface area (Å²) in [4.78, 5) is 22.9. The molecule has 1 unspecified atom stereocenters. The Labute approximate surface area is 181 Å². The summed E-state index contributed by atoms with van der Waals surface area (Å²) in [5.74, 6) is 1.18. The minimum Gasteiger partial charge on any atom is -0.369 e. The molecule has 1 amide bonds. The van der Waals surface area contributed by atoms with Crippen molar-refractivity contribution < 1.29 is 13.2 Å². The molecule has 3 heterocycles. The van der Waals surface area contributed by atoms with E-state index in [4.69, 9.17) is 0 Å². The highest BCUT2D eigenvalue weighted by Gasteiger charge is 2.28. The van der Waals surface area contributed by atoms with E-state index in [1.165, 1.54) is 36.1 Å². The lowest BCUT2D eigenvalue weighted by molar-refractivity contribution is 0.0957. The van der Waals surface area contributed by atoms with E-state index >= 15 is 0 Å². The van der Waals surface area contributed by atoms with Crippen LogP contribution in [0.1, 0.15) is 53.8 Å². The van der Waals surface area contributed by atoms with Gasteiger partial charge in [0.05, 0.1) is 21.8 Å². The molecule has 0 spiro atoms. The number of hydrogen-bond acceptors (Lipinski definition) is 7. The van der Waals surface area contributed by atoms with Gasteiger partial charge in [-0.2, -0.15) is 0 Å². The summed E-state index contributed by atoms with van der Waals surface area (Å²) in [6, 6.07) is 0. The molecule has 2 aliphatic rings. The fraction of sp³-hybridized carbons (Fsp3) is 0.571. The van der Waals surface area contributed by atoms with Crippen LogP contribution < -0.4 is 10.6 Å². The van der Waals surface area contributed by atoms with Crippen molar-refractivity contribution in [1.82, 2.24) is 15.3 Å². The van der Waals surface area contributed by atoms with Crippen molar-refractivity contribution in [3.05, 3.63) is 28.4 Å². The summed E-state index contributed by atoms with van der Waals surface area (Å²) in [5.41, 5.74) is 2.31. The molecular formula is C21H28N4O3S2. The number of fused-ring (bicyclic) bond motifs is 1. The lowest BCUT2D eigenvalue weighted by Crippen LogP contribution is -2.24. The first-order chi connectivity index (χ1) is 14.4. The quantitative estimate of drug-likeness (QED) is 0.629. The Morgan fingerprint density at radius 1 is 1.30 bits per heavy atom. The van der Waals surface area contributed by atoms with E-state index in [0.717, 1.165) is 35.0 Å². The molecule has 1 aliphatic heterocycles. The van der Waals surface area contributed by atoms with E-state index in [1.54, 1.807) is 0 Å². The fourth-order valence-corrected chi connectivity index (χ4v) is 7.17. The van der Waals surface area contributed by atoms with Crippen LogP contribution >= 0.6 is 11.3 Å². The number of thiophene rings is 1. The maximum Gasteiger partial charge on any atom is 0.261 e. The highest BCUT2D eigenvalue weighted by atomic mass is 32.2. The van der Waals surface area contributed by atoms with E-state index < -0.39 is 9.84 Å². The smallest absolute Gasteiger partial charge is 0.261 e. The van der Waals surface area contributed by atoms with Crippen LogP contribution in [0.5, 0.6) is 0 Å². The highest BCUT2D eigenvalue weighted by Crippen LogP contribution is 2.33. The third kappa shape index (κ3) is 4.83. The van der Waals surface area contributed by atoms with Gasteiger partial charge in [0.2, 0.25) is 0 Å². The number of rotatable bonds is 7. The van der Waals surface area contributed by atoms with Gasteiger partial charge < -0.3 is 10.6 Å². The number of nitrogens with one attached hydrogen (secondary N) is 2. The normalized spacial score (nSPS) is 20.8. The summed E-state index contributed by atoms with van der Waals surface area (Å²) >= 11 is 1.38. The second-order valence-electron chi connectivity index (χ2n) is 8.22. The number of allylic oxidation sites excluding steroid dienone is 1. The molecule has 0 saturated carbocycles. The van der Waals surface area contributed by atoms with Gasteiger partial charge in [0.15, 0.2) is 9.84 Å². The van der Waals surface area contributed by atoms with Gasteiger partial charge in [-0.15, -0.1) is 11.3 Å². The van der Waals surface area contributed by atoms with Gasteiger partial charge in [-0.05, 0) is 56.9 Å². The molecule has 4 rings (SSSR count). The Morgan fingerprint density at radius 3 is 2.90 bits per heavy atom. The topological polar surface area (TPSA) is 101 Å². The standard InChI is InChI=1S/C21H28N4O3S2/c1-14-17-19(23-11-16-8-10-30(27,28)12-16)24-13-25-21(17)29-18(14)20(26)22-9-7-15-5-3-2-4-6-15/h5,13,16H,2-4,6-12H2,1H3,(H,22,26)(H,23,24,25). The van der Waals surface area contributed by atoms with Gasteiger partial charge in [0.1, 0.15) is 17.0 Å². The Morgan fingerprint density at radius 2 is 2.17 bits per heavy atom. The van der Waals surface area contributed by atoms with Crippen molar-refractivity contribution in [2.75, 3.05) is 29.9 Å². The van der Waals surface area contributed by atoms with Crippen LogP contribution in [-0.2, 0) is 9.84 Å². The summed E-state index contributed by atoms with van der Waals surface area (Å²) in [6.45, 7) is 3.12. The van der Waals surface area contributed by atoms with Gasteiger partial charge in [-0.25, -0.2) is 18.4 Å². The molecule has 9 heteroatoms. The average molecular weight is 449 g/mol. The zero-order valence-corrected chi connectivity index (χ0v) is 18.9. The summed E-state index contributed by atoms with van der Waals surface area (Å²) in [6.07, 6.45) is 10.2. The molecule has 1 atom stereocenters. The molecule has 1 fully saturated rings. The zero-order valence-electron chi connectivity index (χ0n) is 17.2. The van der Waals surface area contributed by atoms with Crippen molar-refractivity contribution in [3.8, 4) is 0 Å². The van der Waals surface area contributed by atoms with Gasteiger partial charge in [-0.1, -0.05) is 11.6 Å². The molecule has 2 aromatic rings. The largest absolute Gasteiger partial charge is 0.369 e. The maximum absolute atomic E-state index is 12.8. The molecule has 30 heavy (non-hydrogen) atoms. The van der Waals surface area contributed by atoms with Crippen molar-refractivity contribution in [1.29, 1.82) is 0 Å². The maximum atomic E-state index is 12.8. The molecule has 162 valence electrons. The number of carbonyl (C=O) groups excluding carboxylic acids is 1. The van der Waals surface area contributed by atoms with Crippen molar-refractivity contribution in [3.63, 3.8) is 0 Å². The number of hydrogen-bond donors (Lipinski definition) is 2. The Hall–Kier alpha value is -2.00. The number of sulfone groups is 1. The summed E-state index contributed by atoms with van der Waals surface area (Å²) in [5, 5.41) is 7.20. The van der Waals surface area contributed by atoms with Crippen molar-refractivity contribution in [2.45, 2.75) is 45.4 Å². The van der Waals surface area contributed by atoms with Gasteiger partial charge in [0.25, 0.3) is 5.91 Å². The van der Waals surface area contributed by atoms with Gasteiger partial charge in [0, 0.05) is 13.1 Å². The zero-order chi connectivity index (χ0) is 21.1. The third-order valence-electron chi connectivity index (χ3n) is 5.93. The van der Waals surface area contributed by atoms with Crippen LogP contribution in [0, 0.1) is 12.8 Å². The first kappa shape index (κ1) is 21.2. The molecule has 2 N–H and O–H groups in total. The number of aromatic nitrogens is 2. The molecule has 0 bridgehead atoms. The van der Waals surface area contributed by atoms with E-state index in [0.29, 0.717) is 30.2 Å². The van der Waals surface area contributed by atoms with E-state index in [9.17, 15) is 13.2 Å². The van der Waals surface area contributed by atoms with Crippen molar-refractivity contribution in [2.24, 2.45) is 5.92 Å². The second kappa shape index (κ2) is 9.01. The molecule has 2 aromatic heterocycles. The first-order valence-electron chi connectivity index (χ1n) is 10.6. The Balaban J connectivity index is 1.43. The average Bonchev–Trinajstić information content (AvgIpc) is 3.26. The van der Waals surface area contributed by atoms with E-state index in [-0.39, 0.29) is 23.3 Å². The molecule has 7 nitrogen and oxygen atoms in total. The Bertz CT molecular complexity index is 1080. The van der Waals surface area contributed by atoms with Gasteiger partial charge >= 0.3 is 0 Å². The molecule has 1 saturated heterocycles. The lowest BCUT2D eigenvalue weighted by atomic mass is 9.97. The third-order valence-corrected chi connectivity index (χ3v) is 8.97. The van der Waals surface area contributed by atoms with Crippen LogP contribution in [0.25, 0.3) is 10.2 Å². The van der Waals surface area contributed by atoms with Crippen molar-refractivity contribution >= 4 is 43.1 Å². The van der Waals surface area contributed by atoms with Crippen LogP contribution in [0.3, 0.4) is 0 Å². The first-order valence-corrected chi connectivity index (χ1v) is 13.2. The number of amides is 1. The Kier molecular flexibility index (Phi) is 6.38. The minimum absolute atomic E-state index is 0.0697. The fourth-order valence-electron chi connectivity index (χ4n) is 4.24. The second-order valence-corrected chi connectivity index (χ2v) is 11.5. The number of nitrogens with zero attached hydrogens (tertiary/aromatic N) is 2. The summed E-state index contributed by atoms with van der Waals surface area (Å²) in [7, 11) is -2.90. The molecular weight excluding hydrogens is 420 g/mol. The lowest BCUT2D eigenvalue weighted by Gasteiger charge is -2.13. The highest BCUT2D eigenvalue weighted by molar-refractivity contribution is 7.91.